The van der Waals surface area contributed by atoms with Crippen molar-refractivity contribution in [3.63, 3.8) is 0 Å². The molecule has 110 valence electrons. The van der Waals surface area contributed by atoms with E-state index in [1.54, 1.807) is 39.0 Å². The fraction of sp³-hybridized carbons (Fsp3) is 0.312. The zero-order valence-electron chi connectivity index (χ0n) is 12.2. The second kappa shape index (κ2) is 7.25. The maximum Gasteiger partial charge on any atom is 0.408 e. The summed E-state index contributed by atoms with van der Waals surface area (Å²) in [7, 11) is 0. The molecule has 0 atom stereocenters. The highest BCUT2D eigenvalue weighted by molar-refractivity contribution is 5.88. The number of hydrogen-bond acceptors (Lipinski definition) is 4. The number of nitrogens with one attached hydrogen (secondary N) is 1. The molecule has 0 heterocycles. The zero-order chi connectivity index (χ0) is 15.9. The van der Waals surface area contributed by atoms with Gasteiger partial charge in [-0.2, -0.15) is 0 Å². The summed E-state index contributed by atoms with van der Waals surface area (Å²) in [5.74, 6) is 5.41. The topological polar surface area (TPSA) is 72.5 Å². The summed E-state index contributed by atoms with van der Waals surface area (Å²) in [6.45, 7) is 5.33. The van der Waals surface area contributed by atoms with E-state index >= 15 is 0 Å². The molecule has 0 aliphatic rings. The van der Waals surface area contributed by atoms with Crippen molar-refractivity contribution in [2.24, 2.45) is 0 Å². The summed E-state index contributed by atoms with van der Waals surface area (Å²) in [6.07, 6.45) is 0.701. The van der Waals surface area contributed by atoms with Crippen molar-refractivity contribution in [1.29, 1.82) is 0 Å². The van der Waals surface area contributed by atoms with Crippen LogP contribution in [0, 0.1) is 11.8 Å². The van der Waals surface area contributed by atoms with Crippen LogP contribution in [0.5, 0.6) is 0 Å². The van der Waals surface area contributed by atoms with Crippen molar-refractivity contribution in [1.82, 2.24) is 5.32 Å². The van der Waals surface area contributed by atoms with Gasteiger partial charge in [0.05, 0.1) is 6.54 Å². The Morgan fingerprint density at radius 2 is 1.81 bits per heavy atom. The van der Waals surface area contributed by atoms with Gasteiger partial charge in [-0.05, 0) is 20.8 Å². The number of carbonyl (C=O) groups excluding carboxylic acids is 3. The second-order valence-corrected chi connectivity index (χ2v) is 5.20. The van der Waals surface area contributed by atoms with Gasteiger partial charge in [-0.3, -0.25) is 9.59 Å². The van der Waals surface area contributed by atoms with Crippen LogP contribution in [-0.2, 0) is 4.74 Å². The summed E-state index contributed by atoms with van der Waals surface area (Å²) >= 11 is 0. The number of ether oxygens (including phenoxy) is 1. The predicted octanol–water partition coefficient (Wildman–Crippen LogP) is 2.19. The van der Waals surface area contributed by atoms with Crippen molar-refractivity contribution < 1.29 is 19.1 Å². The van der Waals surface area contributed by atoms with Crippen LogP contribution in [-0.4, -0.2) is 30.8 Å². The lowest BCUT2D eigenvalue weighted by atomic mass is 10.0. The first kappa shape index (κ1) is 16.4. The third kappa shape index (κ3) is 5.49. The molecule has 0 aliphatic carbocycles. The van der Waals surface area contributed by atoms with Crippen molar-refractivity contribution in [3.8, 4) is 11.8 Å². The molecule has 1 aromatic rings. The van der Waals surface area contributed by atoms with Gasteiger partial charge in [-0.15, -0.1) is 0 Å². The first-order chi connectivity index (χ1) is 9.87. The Labute approximate surface area is 123 Å². The summed E-state index contributed by atoms with van der Waals surface area (Å²) in [6, 6.07) is 4.76. The number of amides is 1. The van der Waals surface area contributed by atoms with Gasteiger partial charge in [-0.25, -0.2) is 4.79 Å². The van der Waals surface area contributed by atoms with Crippen molar-refractivity contribution in [3.05, 3.63) is 34.9 Å². The molecule has 0 aliphatic heterocycles. The molecule has 1 N–H and O–H groups in total. The molecule has 0 fully saturated rings. The van der Waals surface area contributed by atoms with Crippen LogP contribution in [0.1, 0.15) is 47.1 Å². The molecule has 0 bridgehead atoms. The van der Waals surface area contributed by atoms with Gasteiger partial charge in [0.1, 0.15) is 5.60 Å². The monoisotopic (exact) mass is 287 g/mol. The van der Waals surface area contributed by atoms with Gasteiger partial charge < -0.3 is 10.1 Å². The second-order valence-electron chi connectivity index (χ2n) is 5.20. The number of aldehydes is 2. The maximum atomic E-state index is 11.4. The Morgan fingerprint density at radius 3 is 2.29 bits per heavy atom. The normalized spacial score (nSPS) is 10.0. The van der Waals surface area contributed by atoms with Gasteiger partial charge in [0.2, 0.25) is 0 Å². The Hall–Kier alpha value is -2.61. The highest BCUT2D eigenvalue weighted by Gasteiger charge is 2.15. The lowest BCUT2D eigenvalue weighted by molar-refractivity contribution is 0.0535. The molecule has 1 aromatic carbocycles. The average Bonchev–Trinajstić information content (AvgIpc) is 2.41. The minimum absolute atomic E-state index is 0.0560. The fourth-order valence-electron chi connectivity index (χ4n) is 1.49. The van der Waals surface area contributed by atoms with Crippen LogP contribution in [0.15, 0.2) is 18.2 Å². The molecular formula is C16H17NO4. The third-order valence-corrected chi connectivity index (χ3v) is 2.32. The quantitative estimate of drug-likeness (QED) is 0.683. The summed E-state index contributed by atoms with van der Waals surface area (Å²) in [5.41, 5.74) is 0.453. The first-order valence-corrected chi connectivity index (χ1v) is 6.36. The van der Waals surface area contributed by atoms with Gasteiger partial charge >= 0.3 is 6.09 Å². The Balaban J connectivity index is 2.74. The molecule has 1 rings (SSSR count). The Morgan fingerprint density at radius 1 is 1.24 bits per heavy atom. The van der Waals surface area contributed by atoms with E-state index in [9.17, 15) is 14.4 Å². The van der Waals surface area contributed by atoms with Crippen molar-refractivity contribution in [2.75, 3.05) is 6.54 Å². The fourth-order valence-corrected chi connectivity index (χ4v) is 1.49. The van der Waals surface area contributed by atoms with E-state index < -0.39 is 11.7 Å². The molecular weight excluding hydrogens is 270 g/mol. The highest BCUT2D eigenvalue weighted by Crippen LogP contribution is 2.10. The maximum absolute atomic E-state index is 11.4. The zero-order valence-corrected chi connectivity index (χ0v) is 12.2. The number of rotatable bonds is 3. The molecule has 0 unspecified atom stereocenters. The average molecular weight is 287 g/mol. The van der Waals surface area contributed by atoms with E-state index in [0.29, 0.717) is 29.3 Å². The molecule has 0 saturated heterocycles. The molecule has 5 nitrogen and oxygen atoms in total. The standard InChI is InChI=1S/C16H17NO4/c1-16(2,3)21-15(20)17-9-5-8-14-12(10-18)6-4-7-13(14)11-19/h4,6-7,10-11H,9H2,1-3H3,(H,17,20). The van der Waals surface area contributed by atoms with E-state index in [1.807, 2.05) is 0 Å². The lowest BCUT2D eigenvalue weighted by Gasteiger charge is -2.19. The van der Waals surface area contributed by atoms with Gasteiger partial charge in [0.25, 0.3) is 0 Å². The number of alkyl carbamates (subject to hydrolysis) is 1. The van der Waals surface area contributed by atoms with Crippen LogP contribution in [0.25, 0.3) is 0 Å². The van der Waals surface area contributed by atoms with Crippen molar-refractivity contribution in [2.45, 2.75) is 26.4 Å². The summed E-state index contributed by atoms with van der Waals surface area (Å²) in [5, 5.41) is 2.47. The molecule has 0 saturated carbocycles. The predicted molar refractivity (Wildman–Crippen MR) is 78.3 cm³/mol. The van der Waals surface area contributed by atoms with Crippen LogP contribution in [0.4, 0.5) is 4.79 Å². The third-order valence-electron chi connectivity index (χ3n) is 2.32. The molecule has 5 heteroatoms. The number of carbonyl (C=O) groups is 3. The molecule has 21 heavy (non-hydrogen) atoms. The number of benzene rings is 1. The van der Waals surface area contributed by atoms with Crippen LogP contribution in [0.2, 0.25) is 0 Å². The van der Waals surface area contributed by atoms with E-state index in [2.05, 4.69) is 17.2 Å². The Kier molecular flexibility index (Phi) is 5.67. The van der Waals surface area contributed by atoms with E-state index in [1.165, 1.54) is 0 Å². The highest BCUT2D eigenvalue weighted by atomic mass is 16.6. The SMILES string of the molecule is CC(C)(C)OC(=O)NCC#Cc1c(C=O)cccc1C=O. The minimum Gasteiger partial charge on any atom is -0.444 e. The van der Waals surface area contributed by atoms with Crippen LogP contribution in [0.3, 0.4) is 0 Å². The molecule has 1 amide bonds. The lowest BCUT2D eigenvalue weighted by Crippen LogP contribution is -2.32. The van der Waals surface area contributed by atoms with Gasteiger partial charge in [-0.1, -0.05) is 30.0 Å². The largest absolute Gasteiger partial charge is 0.444 e. The molecule has 0 spiro atoms. The van der Waals surface area contributed by atoms with Crippen LogP contribution < -0.4 is 5.32 Å². The summed E-state index contributed by atoms with van der Waals surface area (Å²) in [4.78, 5) is 33.2. The molecule has 0 radical (unpaired) electrons. The Bertz CT molecular complexity index is 577. The first-order valence-electron chi connectivity index (χ1n) is 6.36. The summed E-state index contributed by atoms with van der Waals surface area (Å²) < 4.78 is 5.05. The van der Waals surface area contributed by atoms with E-state index in [4.69, 9.17) is 4.74 Å². The molecule has 0 aromatic heterocycles. The smallest absolute Gasteiger partial charge is 0.408 e. The minimum atomic E-state index is -0.577. The number of hydrogen-bond donors (Lipinski definition) is 1. The van der Waals surface area contributed by atoms with E-state index in [-0.39, 0.29) is 6.54 Å². The van der Waals surface area contributed by atoms with Crippen molar-refractivity contribution >= 4 is 18.7 Å². The van der Waals surface area contributed by atoms with Gasteiger partial charge in [0.15, 0.2) is 12.6 Å². The van der Waals surface area contributed by atoms with E-state index in [0.717, 1.165) is 0 Å². The van der Waals surface area contributed by atoms with Crippen LogP contribution >= 0.6 is 0 Å². The van der Waals surface area contributed by atoms with Gasteiger partial charge in [0, 0.05) is 16.7 Å².